The third-order valence-electron chi connectivity index (χ3n) is 3.28. The molecule has 6 heteroatoms. The van der Waals surface area contributed by atoms with E-state index in [1.807, 2.05) is 23.5 Å². The number of nitrogens with zero attached hydrogens (tertiary/aromatic N) is 2. The first-order chi connectivity index (χ1) is 8.60. The minimum absolute atomic E-state index is 0.116. The third kappa shape index (κ3) is 3.42. The van der Waals surface area contributed by atoms with Crippen molar-refractivity contribution in [1.82, 2.24) is 10.1 Å². The molecule has 0 aliphatic carbocycles. The van der Waals surface area contributed by atoms with E-state index in [1.165, 1.54) is 0 Å². The van der Waals surface area contributed by atoms with Gasteiger partial charge in [-0.3, -0.25) is 0 Å². The fourth-order valence-corrected chi connectivity index (χ4v) is 4.60. The summed E-state index contributed by atoms with van der Waals surface area (Å²) in [6.45, 7) is 6.61. The van der Waals surface area contributed by atoms with Gasteiger partial charge in [0, 0.05) is 28.7 Å². The molecule has 4 atom stereocenters. The van der Waals surface area contributed by atoms with Gasteiger partial charge < -0.3 is 10.3 Å². The van der Waals surface area contributed by atoms with Crippen molar-refractivity contribution in [3.8, 4) is 0 Å². The lowest BCUT2D eigenvalue weighted by Gasteiger charge is -2.29. The Morgan fingerprint density at radius 1 is 1.44 bits per heavy atom. The number of hydrogen-bond acceptors (Lipinski definition) is 6. The summed E-state index contributed by atoms with van der Waals surface area (Å²) < 4.78 is 5.29. The van der Waals surface area contributed by atoms with Gasteiger partial charge in [-0.2, -0.15) is 16.7 Å². The highest BCUT2D eigenvalue weighted by Gasteiger charge is 2.29. The Bertz CT molecular complexity index is 385. The molecular weight excluding hydrogens is 266 g/mol. The van der Waals surface area contributed by atoms with Crippen LogP contribution in [0.3, 0.4) is 0 Å². The number of nitrogens with two attached hydrogens (primary N) is 1. The molecule has 1 saturated heterocycles. The van der Waals surface area contributed by atoms with Crippen LogP contribution in [0.1, 0.15) is 44.2 Å². The van der Waals surface area contributed by atoms with Crippen molar-refractivity contribution in [3.63, 3.8) is 0 Å². The maximum Gasteiger partial charge on any atom is 0.228 e. The van der Waals surface area contributed by atoms with Crippen LogP contribution in [0.2, 0.25) is 0 Å². The van der Waals surface area contributed by atoms with Crippen LogP contribution in [0.15, 0.2) is 4.52 Å². The second-order valence-electron chi connectivity index (χ2n) is 4.79. The average molecular weight is 287 g/mol. The number of hydrogen-bond donors (Lipinski definition) is 1. The molecule has 2 N–H and O–H groups in total. The first-order valence-corrected chi connectivity index (χ1v) is 8.44. The van der Waals surface area contributed by atoms with Gasteiger partial charge in [0.1, 0.15) is 0 Å². The lowest BCUT2D eigenvalue weighted by Crippen LogP contribution is -2.23. The molecule has 1 aromatic heterocycles. The molecule has 0 aromatic carbocycles. The summed E-state index contributed by atoms with van der Waals surface area (Å²) in [5.41, 5.74) is 5.90. The van der Waals surface area contributed by atoms with Crippen molar-refractivity contribution in [2.24, 2.45) is 5.73 Å². The molecule has 0 saturated carbocycles. The maximum absolute atomic E-state index is 5.90. The molecule has 1 aliphatic rings. The van der Waals surface area contributed by atoms with Crippen molar-refractivity contribution in [2.75, 3.05) is 5.75 Å². The summed E-state index contributed by atoms with van der Waals surface area (Å²) in [5, 5.41) is 5.80. The van der Waals surface area contributed by atoms with E-state index in [-0.39, 0.29) is 6.04 Å². The first-order valence-electron chi connectivity index (χ1n) is 6.45. The van der Waals surface area contributed by atoms with E-state index < -0.39 is 0 Å². The van der Waals surface area contributed by atoms with Crippen LogP contribution in [0.5, 0.6) is 0 Å². The van der Waals surface area contributed by atoms with Crippen LogP contribution in [0.4, 0.5) is 0 Å². The minimum Gasteiger partial charge on any atom is -0.339 e. The van der Waals surface area contributed by atoms with Crippen LogP contribution in [-0.2, 0) is 6.42 Å². The van der Waals surface area contributed by atoms with E-state index in [4.69, 9.17) is 10.3 Å². The van der Waals surface area contributed by atoms with E-state index in [1.54, 1.807) is 0 Å². The van der Waals surface area contributed by atoms with Crippen molar-refractivity contribution in [2.45, 2.75) is 55.4 Å². The second kappa shape index (κ2) is 6.30. The van der Waals surface area contributed by atoms with Gasteiger partial charge in [-0.25, -0.2) is 0 Å². The van der Waals surface area contributed by atoms with Gasteiger partial charge >= 0.3 is 0 Å². The Labute approximate surface area is 117 Å². The smallest absolute Gasteiger partial charge is 0.228 e. The monoisotopic (exact) mass is 287 g/mol. The fraction of sp³-hybridized carbons (Fsp3) is 0.833. The highest BCUT2D eigenvalue weighted by atomic mass is 32.2. The lowest BCUT2D eigenvalue weighted by atomic mass is 10.2. The zero-order valence-electron chi connectivity index (χ0n) is 11.1. The van der Waals surface area contributed by atoms with E-state index in [9.17, 15) is 0 Å². The molecule has 1 aromatic rings. The summed E-state index contributed by atoms with van der Waals surface area (Å²) in [5.74, 6) is 2.58. The normalized spacial score (nSPS) is 30.3. The highest BCUT2D eigenvalue weighted by molar-refractivity contribution is 8.07. The minimum atomic E-state index is 0.116. The molecule has 18 heavy (non-hydrogen) atoms. The van der Waals surface area contributed by atoms with Gasteiger partial charge in [0.25, 0.3) is 0 Å². The molecule has 0 amide bonds. The molecule has 102 valence electrons. The van der Waals surface area contributed by atoms with Gasteiger partial charge in [-0.15, -0.1) is 11.8 Å². The Morgan fingerprint density at radius 3 is 2.89 bits per heavy atom. The quantitative estimate of drug-likeness (QED) is 0.918. The zero-order valence-corrected chi connectivity index (χ0v) is 12.8. The van der Waals surface area contributed by atoms with Crippen molar-refractivity contribution in [1.29, 1.82) is 0 Å². The number of thioether (sulfide) groups is 2. The van der Waals surface area contributed by atoms with Crippen LogP contribution in [0.25, 0.3) is 0 Å². The molecular formula is C12H21N3OS2. The van der Waals surface area contributed by atoms with Crippen molar-refractivity contribution < 1.29 is 4.52 Å². The van der Waals surface area contributed by atoms with Crippen LogP contribution >= 0.6 is 23.5 Å². The van der Waals surface area contributed by atoms with Gasteiger partial charge in [-0.05, 0) is 6.42 Å². The summed E-state index contributed by atoms with van der Waals surface area (Å²) in [6, 6.07) is 0.116. The highest BCUT2D eigenvalue weighted by Crippen LogP contribution is 2.43. The Kier molecular flexibility index (Phi) is 4.98. The predicted molar refractivity (Wildman–Crippen MR) is 78.0 cm³/mol. The predicted octanol–water partition coefficient (Wildman–Crippen LogP) is 2.65. The zero-order chi connectivity index (χ0) is 13.1. The second-order valence-corrected chi connectivity index (χ2v) is 7.78. The van der Waals surface area contributed by atoms with E-state index in [2.05, 4.69) is 30.9 Å². The van der Waals surface area contributed by atoms with Gasteiger partial charge in [-0.1, -0.05) is 25.9 Å². The molecule has 1 aliphatic heterocycles. The fourth-order valence-electron chi connectivity index (χ4n) is 1.77. The van der Waals surface area contributed by atoms with Gasteiger partial charge in [0.05, 0.1) is 5.25 Å². The Balaban J connectivity index is 1.97. The molecule has 4 nitrogen and oxygen atoms in total. The SMILES string of the molecule is CCC(N)Cc1nc(C2CSC(C)C(C)S2)no1. The van der Waals surface area contributed by atoms with Gasteiger partial charge in [0.15, 0.2) is 5.82 Å². The molecule has 0 spiro atoms. The first kappa shape index (κ1) is 14.2. The van der Waals surface area contributed by atoms with Crippen LogP contribution < -0.4 is 5.73 Å². The van der Waals surface area contributed by atoms with Gasteiger partial charge in [0.2, 0.25) is 5.89 Å². The van der Waals surface area contributed by atoms with E-state index >= 15 is 0 Å². The van der Waals surface area contributed by atoms with Crippen LogP contribution in [0, 0.1) is 0 Å². The molecule has 0 radical (unpaired) electrons. The largest absolute Gasteiger partial charge is 0.339 e. The summed E-state index contributed by atoms with van der Waals surface area (Å²) in [7, 11) is 0. The summed E-state index contributed by atoms with van der Waals surface area (Å²) in [6.07, 6.45) is 1.61. The maximum atomic E-state index is 5.90. The third-order valence-corrected chi connectivity index (χ3v) is 6.67. The molecule has 0 bridgehead atoms. The van der Waals surface area contributed by atoms with Crippen molar-refractivity contribution >= 4 is 23.5 Å². The molecule has 2 heterocycles. The van der Waals surface area contributed by atoms with E-state index in [0.29, 0.717) is 28.1 Å². The van der Waals surface area contributed by atoms with E-state index in [0.717, 1.165) is 18.0 Å². The number of aromatic nitrogens is 2. The standard InChI is InChI=1S/C12H21N3OS2/c1-4-9(13)5-11-14-12(15-16-11)10-6-17-7(2)8(3)18-10/h7-10H,4-6,13H2,1-3H3. The summed E-state index contributed by atoms with van der Waals surface area (Å²) >= 11 is 3.94. The average Bonchev–Trinajstić information content (AvgIpc) is 2.81. The molecule has 2 rings (SSSR count). The Morgan fingerprint density at radius 2 is 2.22 bits per heavy atom. The molecule has 1 fully saturated rings. The molecule has 4 unspecified atom stereocenters. The lowest BCUT2D eigenvalue weighted by molar-refractivity contribution is 0.363. The Hall–Kier alpha value is -0.200. The number of rotatable bonds is 4. The topological polar surface area (TPSA) is 64.9 Å². The van der Waals surface area contributed by atoms with Crippen LogP contribution in [-0.4, -0.2) is 32.4 Å². The van der Waals surface area contributed by atoms with Crippen molar-refractivity contribution in [3.05, 3.63) is 11.7 Å². The summed E-state index contributed by atoms with van der Waals surface area (Å²) in [4.78, 5) is 4.49.